The summed E-state index contributed by atoms with van der Waals surface area (Å²) >= 11 is 0. The Morgan fingerprint density at radius 1 is 0.700 bits per heavy atom. The smallest absolute Gasteiger partial charge is 0.449 e. The quantitative estimate of drug-likeness (QED) is 0.172. The molecule has 0 radical (unpaired) electrons. The van der Waals surface area contributed by atoms with E-state index in [4.69, 9.17) is 29.2 Å². The fraction of sp³-hybridized carbons (Fsp3) is 0.615. The van der Waals surface area contributed by atoms with E-state index in [1.807, 2.05) is 0 Å². The van der Waals surface area contributed by atoms with Gasteiger partial charge in [-0.15, -0.1) is 0 Å². The first-order valence-electron chi connectivity index (χ1n) is 12.9. The van der Waals surface area contributed by atoms with E-state index >= 15 is 0 Å². The van der Waals surface area contributed by atoms with Crippen molar-refractivity contribution in [3.05, 3.63) is 22.9 Å². The summed E-state index contributed by atoms with van der Waals surface area (Å²) in [6, 6.07) is 0. The zero-order chi connectivity index (χ0) is 30.2. The van der Waals surface area contributed by atoms with Crippen LogP contribution in [0.3, 0.4) is 0 Å². The SMILES string of the molecule is CC1=NC(C)=C(OC(=O)O)CC1OC(=O)OCCCCOC(=O)OC1CC(OC(=O)O)=C(C)N=C1C.CCCC. The van der Waals surface area contributed by atoms with Crippen LogP contribution in [0.4, 0.5) is 19.2 Å². The molecule has 14 heteroatoms. The number of ether oxygens (including phenoxy) is 6. The lowest BCUT2D eigenvalue weighted by Gasteiger charge is -2.23. The molecule has 0 aromatic carbocycles. The molecule has 2 N–H and O–H groups in total. The molecule has 2 unspecified atom stereocenters. The van der Waals surface area contributed by atoms with Crippen LogP contribution in [0, 0.1) is 0 Å². The maximum absolute atomic E-state index is 11.9. The van der Waals surface area contributed by atoms with Gasteiger partial charge in [-0.2, -0.15) is 0 Å². The summed E-state index contributed by atoms with van der Waals surface area (Å²) in [7, 11) is 0. The van der Waals surface area contributed by atoms with Gasteiger partial charge in [0.15, 0.2) is 12.2 Å². The van der Waals surface area contributed by atoms with Crippen LogP contribution in [0.2, 0.25) is 0 Å². The van der Waals surface area contributed by atoms with Crippen molar-refractivity contribution in [3.63, 3.8) is 0 Å². The topological polar surface area (TPSA) is 189 Å². The highest BCUT2D eigenvalue weighted by Crippen LogP contribution is 2.24. The summed E-state index contributed by atoms with van der Waals surface area (Å²) in [5, 5.41) is 17.5. The van der Waals surface area contributed by atoms with Gasteiger partial charge in [-0.05, 0) is 40.5 Å². The van der Waals surface area contributed by atoms with Gasteiger partial charge in [0.1, 0.15) is 11.5 Å². The van der Waals surface area contributed by atoms with E-state index in [9.17, 15) is 19.2 Å². The Bertz CT molecular complexity index is 962. The summed E-state index contributed by atoms with van der Waals surface area (Å²) < 4.78 is 29.6. The average molecular weight is 571 g/mol. The van der Waals surface area contributed by atoms with E-state index in [1.54, 1.807) is 27.7 Å². The molecule has 0 spiro atoms. The number of unbranched alkanes of at least 4 members (excludes halogenated alkanes) is 2. The van der Waals surface area contributed by atoms with Crippen LogP contribution in [0.5, 0.6) is 0 Å². The van der Waals surface area contributed by atoms with E-state index in [2.05, 4.69) is 33.3 Å². The number of allylic oxidation sites excluding steroid dienone is 2. The minimum absolute atomic E-state index is 0.0121. The molecule has 0 saturated heterocycles. The number of rotatable bonds is 10. The summed E-state index contributed by atoms with van der Waals surface area (Å²) in [5.74, 6) is 0.169. The first kappa shape index (κ1) is 33.9. The van der Waals surface area contributed by atoms with E-state index in [-0.39, 0.29) is 37.6 Å². The van der Waals surface area contributed by atoms with Crippen molar-refractivity contribution >= 4 is 36.0 Å². The second-order valence-corrected chi connectivity index (χ2v) is 8.78. The Hall–Kier alpha value is -4.10. The molecule has 14 nitrogen and oxygen atoms in total. The minimum atomic E-state index is -1.49. The van der Waals surface area contributed by atoms with Crippen LogP contribution in [-0.4, -0.2) is 71.7 Å². The number of aliphatic imine (C=N–C) groups is 2. The zero-order valence-corrected chi connectivity index (χ0v) is 23.7. The normalized spacial score (nSPS) is 18.4. The lowest BCUT2D eigenvalue weighted by atomic mass is 10.1. The third kappa shape index (κ3) is 12.6. The first-order chi connectivity index (χ1) is 18.9. The van der Waals surface area contributed by atoms with E-state index in [0.29, 0.717) is 35.7 Å². The van der Waals surface area contributed by atoms with Crippen molar-refractivity contribution in [1.82, 2.24) is 0 Å². The van der Waals surface area contributed by atoms with Gasteiger partial charge in [0.2, 0.25) is 0 Å². The van der Waals surface area contributed by atoms with Crippen LogP contribution in [0.15, 0.2) is 32.9 Å². The van der Waals surface area contributed by atoms with Gasteiger partial charge in [0, 0.05) is 0 Å². The molecule has 0 aliphatic carbocycles. The van der Waals surface area contributed by atoms with Crippen LogP contribution >= 0.6 is 0 Å². The van der Waals surface area contributed by atoms with Crippen molar-refractivity contribution < 1.29 is 57.8 Å². The Balaban J connectivity index is 0.00000187. The van der Waals surface area contributed by atoms with Gasteiger partial charge < -0.3 is 38.6 Å². The standard InChI is InChI=1S/C22H28N2O12.C4H10/c1-11-15(33-19(25)26)9-17(13(3)23-11)35-21(29)31-7-5-6-8-32-22(30)36-18-10-16(34-20(27)28)12(2)24-14(18)4;1-3-4-2/h17-18H,5-10H2,1-4H3,(H,25,26)(H,27,28);3-4H2,1-2H3. The lowest BCUT2D eigenvalue weighted by Crippen LogP contribution is -2.30. The minimum Gasteiger partial charge on any atom is -0.449 e. The highest BCUT2D eigenvalue weighted by molar-refractivity contribution is 5.90. The molecule has 2 aliphatic heterocycles. The molecule has 0 aromatic heterocycles. The van der Waals surface area contributed by atoms with Gasteiger partial charge in [0.25, 0.3) is 0 Å². The summed E-state index contributed by atoms with van der Waals surface area (Å²) in [5.41, 5.74) is 1.71. The number of carbonyl (C=O) groups excluding carboxylic acids is 2. The summed E-state index contributed by atoms with van der Waals surface area (Å²) in [6.07, 6.45) is -3.15. The van der Waals surface area contributed by atoms with Gasteiger partial charge in [-0.1, -0.05) is 26.7 Å². The molecular formula is C26H38N2O12. The Kier molecular flexibility index (Phi) is 14.8. The largest absolute Gasteiger partial charge is 0.511 e. The number of carboxylic acid groups (broad SMARTS) is 2. The molecule has 0 fully saturated rings. The number of hydrogen-bond donors (Lipinski definition) is 2. The third-order valence-electron chi connectivity index (χ3n) is 5.55. The molecule has 0 aromatic rings. The molecule has 40 heavy (non-hydrogen) atoms. The second-order valence-electron chi connectivity index (χ2n) is 8.78. The Morgan fingerprint density at radius 3 is 1.35 bits per heavy atom. The predicted molar refractivity (Wildman–Crippen MR) is 141 cm³/mol. The van der Waals surface area contributed by atoms with Gasteiger partial charge in [0.05, 0.1) is 48.9 Å². The van der Waals surface area contributed by atoms with E-state index in [1.165, 1.54) is 12.8 Å². The first-order valence-corrected chi connectivity index (χ1v) is 12.9. The highest BCUT2D eigenvalue weighted by atomic mass is 16.7. The Labute approximate surface area is 232 Å². The summed E-state index contributed by atoms with van der Waals surface area (Å²) in [6.45, 7) is 10.8. The van der Waals surface area contributed by atoms with Crippen molar-refractivity contribution in [1.29, 1.82) is 0 Å². The highest BCUT2D eigenvalue weighted by Gasteiger charge is 2.28. The predicted octanol–water partition coefficient (Wildman–Crippen LogP) is 6.20. The fourth-order valence-corrected chi connectivity index (χ4v) is 3.24. The van der Waals surface area contributed by atoms with Crippen LogP contribution in [0.25, 0.3) is 0 Å². The van der Waals surface area contributed by atoms with Gasteiger partial charge >= 0.3 is 24.6 Å². The molecule has 2 rings (SSSR count). The van der Waals surface area contributed by atoms with E-state index < -0.39 is 36.8 Å². The average Bonchev–Trinajstić information content (AvgIpc) is 2.86. The van der Waals surface area contributed by atoms with Crippen LogP contribution in [0.1, 0.15) is 80.1 Å². The molecule has 0 bridgehead atoms. The van der Waals surface area contributed by atoms with Crippen LogP contribution in [-0.2, 0) is 28.4 Å². The van der Waals surface area contributed by atoms with Crippen molar-refractivity contribution in [2.24, 2.45) is 9.98 Å². The van der Waals surface area contributed by atoms with Crippen LogP contribution < -0.4 is 0 Å². The maximum Gasteiger partial charge on any atom is 0.511 e. The van der Waals surface area contributed by atoms with Crippen molar-refractivity contribution in [3.8, 4) is 0 Å². The molecular weight excluding hydrogens is 532 g/mol. The molecule has 224 valence electrons. The van der Waals surface area contributed by atoms with Gasteiger partial charge in [-0.3, -0.25) is 9.98 Å². The maximum atomic E-state index is 11.9. The number of carbonyl (C=O) groups is 4. The number of nitrogens with zero attached hydrogens (tertiary/aromatic N) is 2. The van der Waals surface area contributed by atoms with E-state index in [0.717, 1.165) is 0 Å². The monoisotopic (exact) mass is 570 g/mol. The Morgan fingerprint density at radius 2 is 1.05 bits per heavy atom. The molecule has 0 saturated carbocycles. The third-order valence-corrected chi connectivity index (χ3v) is 5.55. The molecule has 2 aliphatic rings. The van der Waals surface area contributed by atoms with Gasteiger partial charge in [-0.25, -0.2) is 19.2 Å². The summed E-state index contributed by atoms with van der Waals surface area (Å²) in [4.78, 5) is 53.6. The van der Waals surface area contributed by atoms with Crippen molar-refractivity contribution in [2.45, 2.75) is 92.3 Å². The fourth-order valence-electron chi connectivity index (χ4n) is 3.24. The number of hydrogen-bond acceptors (Lipinski definition) is 12. The molecule has 0 amide bonds. The molecule has 2 heterocycles. The van der Waals surface area contributed by atoms with Crippen molar-refractivity contribution in [2.75, 3.05) is 13.2 Å². The lowest BCUT2D eigenvalue weighted by molar-refractivity contribution is 0.0272. The second kappa shape index (κ2) is 17.5. The zero-order valence-electron chi connectivity index (χ0n) is 23.7. The molecule has 2 atom stereocenters.